The number of nitrogens with zero attached hydrogens (tertiary/aromatic N) is 1. The molecule has 1 unspecified atom stereocenters. The van der Waals surface area contributed by atoms with Crippen molar-refractivity contribution >= 4 is 6.09 Å². The first-order valence-electron chi connectivity index (χ1n) is 8.90. The van der Waals surface area contributed by atoms with Crippen LogP contribution in [-0.2, 0) is 4.74 Å². The summed E-state index contributed by atoms with van der Waals surface area (Å²) in [5.74, 6) is -2.63. The molecule has 1 atom stereocenters. The lowest BCUT2D eigenvalue weighted by Gasteiger charge is -2.52. The minimum Gasteiger partial charge on any atom is -0.444 e. The lowest BCUT2D eigenvalue weighted by Crippen LogP contribution is -2.65. The number of piperidine rings is 1. The van der Waals surface area contributed by atoms with E-state index in [2.05, 4.69) is 13.8 Å². The van der Waals surface area contributed by atoms with Crippen LogP contribution in [0.3, 0.4) is 0 Å². The molecule has 0 aromatic heterocycles. The average Bonchev–Trinajstić information content (AvgIpc) is 2.39. The van der Waals surface area contributed by atoms with E-state index in [1.54, 1.807) is 4.90 Å². The molecule has 24 heavy (non-hydrogen) atoms. The Hall–Kier alpha value is -0.910. The molecule has 1 saturated heterocycles. The van der Waals surface area contributed by atoms with E-state index in [0.29, 0.717) is 6.54 Å². The number of alkyl halides is 2. The number of ether oxygens (including phenoxy) is 1. The summed E-state index contributed by atoms with van der Waals surface area (Å²) in [6.07, 6.45) is 1.34. The molecule has 1 aliphatic heterocycles. The molecule has 4 nitrogen and oxygen atoms in total. The Morgan fingerprint density at radius 3 is 2.17 bits per heavy atom. The molecule has 0 aromatic carbocycles. The van der Waals surface area contributed by atoms with Crippen molar-refractivity contribution in [3.63, 3.8) is 0 Å². The van der Waals surface area contributed by atoms with Gasteiger partial charge in [-0.2, -0.15) is 0 Å². The zero-order valence-corrected chi connectivity index (χ0v) is 15.6. The summed E-state index contributed by atoms with van der Waals surface area (Å²) in [7, 11) is 0. The summed E-state index contributed by atoms with van der Waals surface area (Å²) in [5.41, 5.74) is 5.18. The molecule has 2 fully saturated rings. The largest absolute Gasteiger partial charge is 0.444 e. The Labute approximate surface area is 144 Å². The second-order valence-electron chi connectivity index (χ2n) is 9.42. The number of carbonyl (C=O) groups is 1. The summed E-state index contributed by atoms with van der Waals surface area (Å²) in [5, 5.41) is 0. The van der Waals surface area contributed by atoms with Crippen LogP contribution in [0.4, 0.5) is 13.6 Å². The molecular formula is C18H32F2N2O2. The Morgan fingerprint density at radius 1 is 1.12 bits per heavy atom. The molecule has 2 aliphatic rings. The van der Waals surface area contributed by atoms with Gasteiger partial charge in [-0.25, -0.2) is 13.6 Å². The van der Waals surface area contributed by atoms with Crippen LogP contribution in [0.2, 0.25) is 0 Å². The van der Waals surface area contributed by atoms with Gasteiger partial charge in [0.05, 0.1) is 6.04 Å². The Morgan fingerprint density at radius 2 is 1.67 bits per heavy atom. The second kappa shape index (κ2) is 6.11. The molecule has 0 radical (unpaired) electrons. The van der Waals surface area contributed by atoms with Gasteiger partial charge in [0.2, 0.25) is 5.92 Å². The van der Waals surface area contributed by atoms with Crippen LogP contribution in [0.1, 0.15) is 73.1 Å². The van der Waals surface area contributed by atoms with Gasteiger partial charge >= 0.3 is 6.09 Å². The number of carbonyl (C=O) groups excluding carboxylic acids is 1. The molecule has 0 spiro atoms. The van der Waals surface area contributed by atoms with Crippen LogP contribution >= 0.6 is 0 Å². The normalized spacial score (nSPS) is 29.2. The Kier molecular flexibility index (Phi) is 4.95. The maximum Gasteiger partial charge on any atom is 0.410 e. The topological polar surface area (TPSA) is 55.6 Å². The highest BCUT2D eigenvalue weighted by atomic mass is 19.3. The number of amides is 1. The zero-order chi connectivity index (χ0) is 18.4. The van der Waals surface area contributed by atoms with E-state index >= 15 is 0 Å². The highest BCUT2D eigenvalue weighted by Crippen LogP contribution is 2.44. The minimum atomic E-state index is -2.63. The van der Waals surface area contributed by atoms with Crippen LogP contribution in [0.5, 0.6) is 0 Å². The molecule has 0 bridgehead atoms. The van der Waals surface area contributed by atoms with Crippen molar-refractivity contribution in [2.24, 2.45) is 11.1 Å². The van der Waals surface area contributed by atoms with Gasteiger partial charge in [0.15, 0.2) is 0 Å². The Balaban J connectivity index is 2.21. The van der Waals surface area contributed by atoms with Crippen LogP contribution in [0.25, 0.3) is 0 Å². The van der Waals surface area contributed by atoms with Crippen molar-refractivity contribution < 1.29 is 18.3 Å². The molecule has 1 aliphatic carbocycles. The first kappa shape index (κ1) is 19.4. The smallest absolute Gasteiger partial charge is 0.410 e. The van der Waals surface area contributed by atoms with Crippen LogP contribution in [0.15, 0.2) is 0 Å². The first-order valence-corrected chi connectivity index (χ1v) is 8.90. The third-order valence-electron chi connectivity index (χ3n) is 5.27. The molecule has 140 valence electrons. The van der Waals surface area contributed by atoms with Crippen molar-refractivity contribution in [1.29, 1.82) is 0 Å². The molecule has 1 amide bonds. The molecule has 1 heterocycles. The van der Waals surface area contributed by atoms with Crippen molar-refractivity contribution in [3.05, 3.63) is 0 Å². The maximum absolute atomic E-state index is 13.6. The van der Waals surface area contributed by atoms with Crippen LogP contribution in [-0.4, -0.2) is 40.6 Å². The summed E-state index contributed by atoms with van der Waals surface area (Å²) < 4.78 is 32.7. The van der Waals surface area contributed by atoms with Crippen molar-refractivity contribution in [3.8, 4) is 0 Å². The number of hydrogen-bond donors (Lipinski definition) is 1. The van der Waals surface area contributed by atoms with Gasteiger partial charge in [-0.3, -0.25) is 0 Å². The third kappa shape index (κ3) is 4.58. The minimum absolute atomic E-state index is 0.0254. The quantitative estimate of drug-likeness (QED) is 0.769. The summed E-state index contributed by atoms with van der Waals surface area (Å²) in [6.45, 7) is 10.2. The van der Waals surface area contributed by atoms with E-state index in [4.69, 9.17) is 10.5 Å². The number of hydrogen-bond acceptors (Lipinski definition) is 3. The predicted molar refractivity (Wildman–Crippen MR) is 90.1 cm³/mol. The fourth-order valence-electron chi connectivity index (χ4n) is 3.86. The first-order chi connectivity index (χ1) is 10.7. The number of likely N-dealkylation sites (tertiary alicyclic amines) is 1. The molecule has 1 saturated carbocycles. The van der Waals surface area contributed by atoms with Gasteiger partial charge in [-0.05, 0) is 51.9 Å². The standard InChI is InChI=1S/C18H32F2N2O2/c1-15(2,3)24-14(23)22-12-16(4,5)7-6-13(22)17(21)8-10-18(19,20)11-9-17/h13H,6-12,21H2,1-5H3. The van der Waals surface area contributed by atoms with Gasteiger partial charge in [-0.1, -0.05) is 13.8 Å². The highest BCUT2D eigenvalue weighted by Gasteiger charge is 2.51. The predicted octanol–water partition coefficient (Wildman–Crippen LogP) is 4.32. The van der Waals surface area contributed by atoms with Gasteiger partial charge in [0.1, 0.15) is 5.60 Å². The van der Waals surface area contributed by atoms with Crippen LogP contribution in [0, 0.1) is 5.41 Å². The van der Waals surface area contributed by atoms with Crippen molar-refractivity contribution in [2.75, 3.05) is 6.54 Å². The molecular weight excluding hydrogens is 314 g/mol. The number of rotatable bonds is 1. The SMILES string of the molecule is CC1(C)CCC(C2(N)CCC(F)(F)CC2)N(C(=O)OC(C)(C)C)C1. The third-order valence-corrected chi connectivity index (χ3v) is 5.27. The van der Waals surface area contributed by atoms with E-state index < -0.39 is 17.1 Å². The van der Waals surface area contributed by atoms with Gasteiger partial charge < -0.3 is 15.4 Å². The van der Waals surface area contributed by atoms with E-state index in [9.17, 15) is 13.6 Å². The average molecular weight is 346 g/mol. The monoisotopic (exact) mass is 346 g/mol. The lowest BCUT2D eigenvalue weighted by atomic mass is 9.69. The second-order valence-corrected chi connectivity index (χ2v) is 9.42. The fourth-order valence-corrected chi connectivity index (χ4v) is 3.86. The maximum atomic E-state index is 13.6. The van der Waals surface area contributed by atoms with E-state index in [1.807, 2.05) is 20.8 Å². The molecule has 0 aromatic rings. The fraction of sp³-hybridized carbons (Fsp3) is 0.944. The highest BCUT2D eigenvalue weighted by molar-refractivity contribution is 5.69. The van der Waals surface area contributed by atoms with Gasteiger partial charge in [0.25, 0.3) is 0 Å². The summed E-state index contributed by atoms with van der Waals surface area (Å²) >= 11 is 0. The number of nitrogens with two attached hydrogens (primary N) is 1. The van der Waals surface area contributed by atoms with Crippen molar-refractivity contribution in [2.45, 2.75) is 96.2 Å². The van der Waals surface area contributed by atoms with Gasteiger partial charge in [-0.15, -0.1) is 0 Å². The molecule has 6 heteroatoms. The van der Waals surface area contributed by atoms with E-state index in [1.165, 1.54) is 0 Å². The summed E-state index contributed by atoms with van der Waals surface area (Å²) in [6, 6.07) is -0.239. The number of halogens is 2. The van der Waals surface area contributed by atoms with Crippen LogP contribution < -0.4 is 5.73 Å². The lowest BCUT2D eigenvalue weighted by molar-refractivity contribution is -0.0755. The van der Waals surface area contributed by atoms with Crippen molar-refractivity contribution in [1.82, 2.24) is 4.90 Å². The summed E-state index contributed by atoms with van der Waals surface area (Å²) in [4.78, 5) is 14.4. The zero-order valence-electron chi connectivity index (χ0n) is 15.6. The van der Waals surface area contributed by atoms with E-state index in [0.717, 1.165) is 12.8 Å². The molecule has 2 rings (SSSR count). The van der Waals surface area contributed by atoms with Gasteiger partial charge in [0, 0.05) is 24.9 Å². The Bertz CT molecular complexity index is 476. The molecule has 2 N–H and O–H groups in total. The van der Waals surface area contributed by atoms with E-state index in [-0.39, 0.29) is 43.2 Å².